The molecule has 33 heavy (non-hydrogen) atoms. The van der Waals surface area contributed by atoms with Crippen LogP contribution in [-0.2, 0) is 14.3 Å². The lowest BCUT2D eigenvalue weighted by Crippen LogP contribution is -2.54. The van der Waals surface area contributed by atoms with E-state index < -0.39 is 29.6 Å². The highest BCUT2D eigenvalue weighted by Crippen LogP contribution is 2.44. The molecular weight excluding hydrogens is 420 g/mol. The van der Waals surface area contributed by atoms with Crippen LogP contribution in [0, 0.1) is 0 Å². The Morgan fingerprint density at radius 2 is 1.52 bits per heavy atom. The van der Waals surface area contributed by atoms with Gasteiger partial charge in [-0.1, -0.05) is 69.3 Å². The molecule has 2 aromatic rings. The van der Waals surface area contributed by atoms with E-state index >= 15 is 0 Å². The monoisotopic (exact) mass is 452 g/mol. The Kier molecular flexibility index (Phi) is 7.74. The van der Waals surface area contributed by atoms with Gasteiger partial charge in [-0.05, 0) is 41.5 Å². The minimum atomic E-state index is -1.29. The van der Waals surface area contributed by atoms with Gasteiger partial charge >= 0.3 is 12.1 Å². The van der Waals surface area contributed by atoms with Crippen LogP contribution in [0.5, 0.6) is 0 Å². The maximum atomic E-state index is 12.5. The first-order chi connectivity index (χ1) is 15.8. The average molecular weight is 453 g/mol. The lowest BCUT2D eigenvalue weighted by atomic mass is 9.92. The molecule has 0 unspecified atom stereocenters. The van der Waals surface area contributed by atoms with Crippen LogP contribution in [0.1, 0.15) is 63.5 Å². The maximum absolute atomic E-state index is 12.5. The van der Waals surface area contributed by atoms with Crippen LogP contribution in [0.4, 0.5) is 4.79 Å². The Balaban J connectivity index is 1.59. The van der Waals surface area contributed by atoms with E-state index in [1.807, 2.05) is 31.2 Å². The number of carboxylic acids is 1. The van der Waals surface area contributed by atoms with Crippen molar-refractivity contribution in [2.75, 3.05) is 6.61 Å². The smallest absolute Gasteiger partial charge is 0.407 e. The van der Waals surface area contributed by atoms with Gasteiger partial charge in [0.15, 0.2) is 0 Å². The molecule has 0 saturated carbocycles. The molecule has 1 aliphatic rings. The van der Waals surface area contributed by atoms with E-state index in [2.05, 4.69) is 34.9 Å². The summed E-state index contributed by atoms with van der Waals surface area (Å²) >= 11 is 0. The second-order valence-corrected chi connectivity index (χ2v) is 8.42. The fraction of sp³-hybridized carbons (Fsp3) is 0.423. The second-order valence-electron chi connectivity index (χ2n) is 8.42. The van der Waals surface area contributed by atoms with E-state index in [1.54, 1.807) is 13.8 Å². The Hall–Kier alpha value is -3.35. The lowest BCUT2D eigenvalue weighted by Gasteiger charge is -2.29. The van der Waals surface area contributed by atoms with Gasteiger partial charge in [0.2, 0.25) is 5.91 Å². The molecule has 0 fully saturated rings. The number of benzene rings is 2. The molecule has 3 N–H and O–H groups in total. The molecule has 0 spiro atoms. The zero-order chi connectivity index (χ0) is 24.0. The highest BCUT2D eigenvalue weighted by atomic mass is 16.5. The maximum Gasteiger partial charge on any atom is 0.407 e. The van der Waals surface area contributed by atoms with Crippen molar-refractivity contribution in [2.45, 2.75) is 64.0 Å². The summed E-state index contributed by atoms with van der Waals surface area (Å²) < 4.78 is 5.56. The van der Waals surface area contributed by atoms with E-state index in [0.29, 0.717) is 6.42 Å². The van der Waals surface area contributed by atoms with E-state index in [1.165, 1.54) is 0 Å². The summed E-state index contributed by atoms with van der Waals surface area (Å²) in [5.74, 6) is -1.51. The quantitative estimate of drug-likeness (QED) is 0.494. The molecule has 1 atom stereocenters. The predicted molar refractivity (Wildman–Crippen MR) is 126 cm³/mol. The number of hydrogen-bond acceptors (Lipinski definition) is 4. The average Bonchev–Trinajstić information content (AvgIpc) is 3.14. The van der Waals surface area contributed by atoms with Crippen molar-refractivity contribution in [3.63, 3.8) is 0 Å². The Morgan fingerprint density at radius 1 is 0.970 bits per heavy atom. The zero-order valence-corrected chi connectivity index (χ0v) is 19.4. The highest BCUT2D eigenvalue weighted by Gasteiger charge is 2.36. The summed E-state index contributed by atoms with van der Waals surface area (Å²) in [4.78, 5) is 36.7. The van der Waals surface area contributed by atoms with Gasteiger partial charge in [0, 0.05) is 18.4 Å². The van der Waals surface area contributed by atoms with Gasteiger partial charge in [-0.2, -0.15) is 0 Å². The number of alkyl carbamates (subject to hydrolysis) is 1. The number of carbonyl (C=O) groups excluding carboxylic acids is 2. The van der Waals surface area contributed by atoms with Crippen molar-refractivity contribution in [1.29, 1.82) is 0 Å². The van der Waals surface area contributed by atoms with Crippen LogP contribution in [0.2, 0.25) is 0 Å². The first kappa shape index (κ1) is 24.3. The molecule has 2 aromatic carbocycles. The molecule has 0 saturated heterocycles. The molecule has 0 bridgehead atoms. The van der Waals surface area contributed by atoms with E-state index in [0.717, 1.165) is 22.3 Å². The van der Waals surface area contributed by atoms with Crippen LogP contribution in [0.3, 0.4) is 0 Å². The first-order valence-electron chi connectivity index (χ1n) is 11.5. The minimum absolute atomic E-state index is 0.0181. The molecule has 7 nitrogen and oxygen atoms in total. The van der Waals surface area contributed by atoms with Gasteiger partial charge in [0.05, 0.1) is 0 Å². The SMILES string of the molecule is CC[C@@H](CC(=O)NC(CC)(CC)C(=O)O)NC(=O)OCC1c2ccccc2-c2ccccc21. The number of aliphatic carboxylic acids is 1. The van der Waals surface area contributed by atoms with Gasteiger partial charge in [-0.15, -0.1) is 0 Å². The molecule has 2 amide bonds. The van der Waals surface area contributed by atoms with Gasteiger partial charge < -0.3 is 20.5 Å². The zero-order valence-electron chi connectivity index (χ0n) is 19.4. The fourth-order valence-electron chi connectivity index (χ4n) is 4.43. The van der Waals surface area contributed by atoms with Gasteiger partial charge in [0.25, 0.3) is 0 Å². The standard InChI is InChI=1S/C26H32N2O5/c1-4-17(15-23(29)28-26(5-2,6-3)24(30)31)27-25(32)33-16-22-20-13-9-7-11-18(20)19-12-8-10-14-21(19)22/h7-14,17,22H,4-6,15-16H2,1-3H3,(H,27,32)(H,28,29)(H,30,31)/t17-/m0/s1. The molecule has 1 aliphatic carbocycles. The number of fused-ring (bicyclic) bond motifs is 3. The Morgan fingerprint density at radius 3 is 2.00 bits per heavy atom. The van der Waals surface area contributed by atoms with Crippen LogP contribution >= 0.6 is 0 Å². The van der Waals surface area contributed by atoms with Gasteiger partial charge in [-0.25, -0.2) is 9.59 Å². The largest absolute Gasteiger partial charge is 0.480 e. The molecule has 7 heteroatoms. The first-order valence-corrected chi connectivity index (χ1v) is 11.5. The van der Waals surface area contributed by atoms with Crippen molar-refractivity contribution >= 4 is 18.0 Å². The number of carbonyl (C=O) groups is 3. The van der Waals surface area contributed by atoms with E-state index in [-0.39, 0.29) is 31.8 Å². The topological polar surface area (TPSA) is 105 Å². The van der Waals surface area contributed by atoms with Crippen molar-refractivity contribution in [1.82, 2.24) is 10.6 Å². The van der Waals surface area contributed by atoms with Crippen LogP contribution in [0.25, 0.3) is 11.1 Å². The third kappa shape index (κ3) is 5.18. The van der Waals surface area contributed by atoms with E-state index in [4.69, 9.17) is 4.74 Å². The van der Waals surface area contributed by atoms with Crippen molar-refractivity contribution in [3.8, 4) is 11.1 Å². The summed E-state index contributed by atoms with van der Waals surface area (Å²) in [6.45, 7) is 5.50. The number of carboxylic acid groups (broad SMARTS) is 1. The summed E-state index contributed by atoms with van der Waals surface area (Å²) in [7, 11) is 0. The lowest BCUT2D eigenvalue weighted by molar-refractivity contribution is -0.148. The number of amides is 2. The Bertz CT molecular complexity index is 970. The number of ether oxygens (including phenoxy) is 1. The Labute approximate surface area is 194 Å². The minimum Gasteiger partial charge on any atom is -0.480 e. The predicted octanol–water partition coefficient (Wildman–Crippen LogP) is 4.45. The number of nitrogens with one attached hydrogen (secondary N) is 2. The molecule has 0 heterocycles. The van der Waals surface area contributed by atoms with Crippen LogP contribution in [0.15, 0.2) is 48.5 Å². The summed E-state index contributed by atoms with van der Waals surface area (Å²) in [6.07, 6.45) is 0.459. The fourth-order valence-corrected chi connectivity index (χ4v) is 4.43. The molecular formula is C26H32N2O5. The molecule has 176 valence electrons. The van der Waals surface area contributed by atoms with Crippen molar-refractivity contribution < 1.29 is 24.2 Å². The van der Waals surface area contributed by atoms with E-state index in [9.17, 15) is 19.5 Å². The van der Waals surface area contributed by atoms with Gasteiger partial charge in [0.1, 0.15) is 12.1 Å². The molecule has 3 rings (SSSR count). The molecule has 0 radical (unpaired) electrons. The summed E-state index contributed by atoms with van der Waals surface area (Å²) in [5.41, 5.74) is 3.26. The van der Waals surface area contributed by atoms with Crippen LogP contribution < -0.4 is 10.6 Å². The normalized spacial score (nSPS) is 13.5. The number of hydrogen-bond donors (Lipinski definition) is 3. The van der Waals surface area contributed by atoms with Crippen LogP contribution in [-0.4, -0.2) is 41.3 Å². The second kappa shape index (κ2) is 10.5. The van der Waals surface area contributed by atoms with Crippen molar-refractivity contribution in [3.05, 3.63) is 59.7 Å². The van der Waals surface area contributed by atoms with Crippen molar-refractivity contribution in [2.24, 2.45) is 0 Å². The number of rotatable bonds is 10. The summed E-state index contributed by atoms with van der Waals surface area (Å²) in [6, 6.07) is 15.7. The third-order valence-electron chi connectivity index (χ3n) is 6.59. The van der Waals surface area contributed by atoms with Gasteiger partial charge in [-0.3, -0.25) is 4.79 Å². The highest BCUT2D eigenvalue weighted by molar-refractivity contribution is 5.87. The third-order valence-corrected chi connectivity index (χ3v) is 6.59. The molecule has 0 aliphatic heterocycles. The summed E-state index contributed by atoms with van der Waals surface area (Å²) in [5, 5.41) is 14.9. The molecule has 0 aromatic heterocycles.